The number of aromatic nitrogens is 2. The normalized spacial score (nSPS) is 20.6. The number of nitrogens with one attached hydrogen (secondary N) is 1. The van der Waals surface area contributed by atoms with Crippen LogP contribution in [0.1, 0.15) is 32.5 Å². The number of anilines is 1. The van der Waals surface area contributed by atoms with Gasteiger partial charge in [-0.3, -0.25) is 0 Å². The third kappa shape index (κ3) is 2.71. The molecule has 2 rings (SSSR count). The predicted octanol–water partition coefficient (Wildman–Crippen LogP) is 1.81. The highest BCUT2D eigenvalue weighted by Crippen LogP contribution is 2.21. The molecule has 0 bridgehead atoms. The molecule has 4 nitrogen and oxygen atoms in total. The zero-order chi connectivity index (χ0) is 11.5. The van der Waals surface area contributed by atoms with Crippen LogP contribution in [-0.4, -0.2) is 34.5 Å². The Balaban J connectivity index is 2.04. The molecule has 1 aliphatic heterocycles. The summed E-state index contributed by atoms with van der Waals surface area (Å²) in [6.07, 6.45) is 2.58. The lowest BCUT2D eigenvalue weighted by molar-refractivity contribution is 0.552. The largest absolute Gasteiger partial charge is 0.343 e. The van der Waals surface area contributed by atoms with Gasteiger partial charge in [0.05, 0.1) is 0 Å². The molecular formula is C11H20N4S. The van der Waals surface area contributed by atoms with E-state index in [0.717, 1.165) is 24.0 Å². The van der Waals surface area contributed by atoms with Crippen LogP contribution < -0.4 is 10.2 Å². The molecule has 1 atom stereocenters. The Morgan fingerprint density at radius 2 is 2.38 bits per heavy atom. The van der Waals surface area contributed by atoms with Crippen molar-refractivity contribution in [3.8, 4) is 0 Å². The van der Waals surface area contributed by atoms with Gasteiger partial charge in [-0.2, -0.15) is 4.37 Å². The van der Waals surface area contributed by atoms with Gasteiger partial charge in [0, 0.05) is 30.2 Å². The SMILES string of the molecule is Cc1nsc(N(CC2CCCN2)C(C)C)n1. The zero-order valence-electron chi connectivity index (χ0n) is 10.2. The van der Waals surface area contributed by atoms with Crippen molar-refractivity contribution in [1.82, 2.24) is 14.7 Å². The molecule has 0 saturated carbocycles. The Bertz CT molecular complexity index is 330. The average Bonchev–Trinajstić information content (AvgIpc) is 2.84. The Morgan fingerprint density at radius 3 is 2.88 bits per heavy atom. The second-order valence-electron chi connectivity index (χ2n) is 4.66. The third-order valence-corrected chi connectivity index (χ3v) is 3.81. The standard InChI is InChI=1S/C11H20N4S/c1-8(2)15(7-10-5-4-6-12-10)11-13-9(3)14-16-11/h8,10,12H,4-7H2,1-3H3. The Hall–Kier alpha value is -0.680. The molecule has 0 radical (unpaired) electrons. The summed E-state index contributed by atoms with van der Waals surface area (Å²) in [5.41, 5.74) is 0. The number of aryl methyl sites for hydroxylation is 1. The highest BCUT2D eigenvalue weighted by atomic mass is 32.1. The predicted molar refractivity (Wildman–Crippen MR) is 68.2 cm³/mol. The van der Waals surface area contributed by atoms with Crippen molar-refractivity contribution in [3.63, 3.8) is 0 Å². The summed E-state index contributed by atoms with van der Waals surface area (Å²) in [4.78, 5) is 6.83. The fourth-order valence-corrected chi connectivity index (χ4v) is 2.88. The fourth-order valence-electron chi connectivity index (χ4n) is 2.06. The van der Waals surface area contributed by atoms with Gasteiger partial charge in [0.25, 0.3) is 0 Å². The first-order chi connectivity index (χ1) is 7.66. The van der Waals surface area contributed by atoms with Crippen LogP contribution in [0.25, 0.3) is 0 Å². The number of rotatable bonds is 4. The molecule has 5 heteroatoms. The molecule has 1 aromatic rings. The van der Waals surface area contributed by atoms with E-state index in [2.05, 4.69) is 33.4 Å². The quantitative estimate of drug-likeness (QED) is 0.871. The Labute approximate surface area is 101 Å². The number of hydrogen-bond donors (Lipinski definition) is 1. The molecule has 2 heterocycles. The second kappa shape index (κ2) is 5.10. The van der Waals surface area contributed by atoms with Crippen molar-refractivity contribution in [1.29, 1.82) is 0 Å². The summed E-state index contributed by atoms with van der Waals surface area (Å²) in [5.74, 6) is 0.880. The van der Waals surface area contributed by atoms with Crippen LogP contribution in [0.15, 0.2) is 0 Å². The van der Waals surface area contributed by atoms with Gasteiger partial charge in [-0.25, -0.2) is 4.98 Å². The van der Waals surface area contributed by atoms with E-state index in [4.69, 9.17) is 0 Å². The van der Waals surface area contributed by atoms with Crippen molar-refractivity contribution >= 4 is 16.7 Å². The number of nitrogens with zero attached hydrogens (tertiary/aromatic N) is 3. The van der Waals surface area contributed by atoms with Crippen LogP contribution >= 0.6 is 11.5 Å². The van der Waals surface area contributed by atoms with Gasteiger partial charge >= 0.3 is 0 Å². The molecular weight excluding hydrogens is 220 g/mol. The van der Waals surface area contributed by atoms with Crippen molar-refractivity contribution in [2.45, 2.75) is 45.7 Å². The molecule has 1 fully saturated rings. The minimum absolute atomic E-state index is 0.481. The summed E-state index contributed by atoms with van der Waals surface area (Å²) in [6.45, 7) is 8.59. The first-order valence-corrected chi connectivity index (χ1v) is 6.74. The Morgan fingerprint density at radius 1 is 1.56 bits per heavy atom. The lowest BCUT2D eigenvalue weighted by Gasteiger charge is -2.28. The molecule has 0 aliphatic carbocycles. The van der Waals surface area contributed by atoms with E-state index in [9.17, 15) is 0 Å². The van der Waals surface area contributed by atoms with Gasteiger partial charge in [0.2, 0.25) is 5.13 Å². The van der Waals surface area contributed by atoms with E-state index in [1.165, 1.54) is 24.4 Å². The van der Waals surface area contributed by atoms with E-state index in [1.807, 2.05) is 6.92 Å². The van der Waals surface area contributed by atoms with E-state index >= 15 is 0 Å². The van der Waals surface area contributed by atoms with Crippen LogP contribution in [0, 0.1) is 6.92 Å². The lowest BCUT2D eigenvalue weighted by Crippen LogP contribution is -2.41. The van der Waals surface area contributed by atoms with Gasteiger partial charge in [0.15, 0.2) is 0 Å². The van der Waals surface area contributed by atoms with Crippen LogP contribution in [0.5, 0.6) is 0 Å². The van der Waals surface area contributed by atoms with Gasteiger partial charge in [-0.15, -0.1) is 0 Å². The molecule has 16 heavy (non-hydrogen) atoms. The van der Waals surface area contributed by atoms with Gasteiger partial charge in [0.1, 0.15) is 5.82 Å². The first-order valence-electron chi connectivity index (χ1n) is 5.97. The highest BCUT2D eigenvalue weighted by Gasteiger charge is 2.21. The van der Waals surface area contributed by atoms with Crippen LogP contribution in [0.2, 0.25) is 0 Å². The molecule has 0 spiro atoms. The van der Waals surface area contributed by atoms with E-state index in [1.54, 1.807) is 0 Å². The van der Waals surface area contributed by atoms with E-state index in [0.29, 0.717) is 12.1 Å². The highest BCUT2D eigenvalue weighted by molar-refractivity contribution is 7.09. The van der Waals surface area contributed by atoms with Crippen molar-refractivity contribution in [3.05, 3.63) is 5.82 Å². The monoisotopic (exact) mass is 240 g/mol. The van der Waals surface area contributed by atoms with Gasteiger partial charge in [-0.05, 0) is 40.2 Å². The van der Waals surface area contributed by atoms with Crippen LogP contribution in [0.3, 0.4) is 0 Å². The van der Waals surface area contributed by atoms with Gasteiger partial charge in [-0.1, -0.05) is 0 Å². The maximum Gasteiger partial charge on any atom is 0.205 e. The van der Waals surface area contributed by atoms with Crippen molar-refractivity contribution in [2.24, 2.45) is 0 Å². The average molecular weight is 240 g/mol. The third-order valence-electron chi connectivity index (χ3n) is 2.97. The minimum Gasteiger partial charge on any atom is -0.343 e. The molecule has 1 unspecified atom stereocenters. The number of hydrogen-bond acceptors (Lipinski definition) is 5. The molecule has 1 N–H and O–H groups in total. The maximum absolute atomic E-state index is 4.48. The molecule has 1 saturated heterocycles. The lowest BCUT2D eigenvalue weighted by atomic mass is 10.2. The summed E-state index contributed by atoms with van der Waals surface area (Å²) in [7, 11) is 0. The van der Waals surface area contributed by atoms with Gasteiger partial charge < -0.3 is 10.2 Å². The van der Waals surface area contributed by atoms with Crippen LogP contribution in [-0.2, 0) is 0 Å². The molecule has 1 aliphatic rings. The summed E-state index contributed by atoms with van der Waals surface area (Å²) in [5, 5.41) is 4.59. The summed E-state index contributed by atoms with van der Waals surface area (Å²) >= 11 is 1.51. The minimum atomic E-state index is 0.481. The molecule has 0 amide bonds. The van der Waals surface area contributed by atoms with Crippen LogP contribution in [0.4, 0.5) is 5.13 Å². The summed E-state index contributed by atoms with van der Waals surface area (Å²) < 4.78 is 4.26. The molecule has 0 aromatic carbocycles. The smallest absolute Gasteiger partial charge is 0.205 e. The Kier molecular flexibility index (Phi) is 3.76. The summed E-state index contributed by atoms with van der Waals surface area (Å²) in [6, 6.07) is 1.10. The zero-order valence-corrected chi connectivity index (χ0v) is 11.0. The van der Waals surface area contributed by atoms with E-state index in [-0.39, 0.29) is 0 Å². The molecule has 90 valence electrons. The van der Waals surface area contributed by atoms with Crippen molar-refractivity contribution in [2.75, 3.05) is 18.0 Å². The van der Waals surface area contributed by atoms with E-state index < -0.39 is 0 Å². The topological polar surface area (TPSA) is 41.1 Å². The fraction of sp³-hybridized carbons (Fsp3) is 0.818. The maximum atomic E-state index is 4.48. The van der Waals surface area contributed by atoms with Crippen molar-refractivity contribution < 1.29 is 0 Å². The second-order valence-corrected chi connectivity index (χ2v) is 5.39. The first kappa shape index (κ1) is 11.8. The molecule has 1 aromatic heterocycles.